The van der Waals surface area contributed by atoms with Crippen LogP contribution in [0, 0.1) is 0 Å². The summed E-state index contributed by atoms with van der Waals surface area (Å²) >= 11 is 2.31. The maximum Gasteiger partial charge on any atom is 0.303 e. The lowest BCUT2D eigenvalue weighted by atomic mass is 10.00. The number of esters is 1. The number of ether oxygens (including phenoxy) is 1. The average molecular weight is 445 g/mol. The molecule has 24 heavy (non-hydrogen) atoms. The standard InChI is InChI=1S/C19H28INO3/c1-3-4-5-9-12-17-19(23-15(2)22)18(13-20)24-21(17)14-16-10-7-6-8-11-16/h6-8,10-11,17-19H,3-5,9,12-14H2,1-2H3/t17-,18+,19+/m0/s1. The fraction of sp³-hybridized carbons (Fsp3) is 0.632. The molecule has 0 amide bonds. The van der Waals surface area contributed by atoms with Crippen LogP contribution in [-0.2, 0) is 20.9 Å². The van der Waals surface area contributed by atoms with E-state index >= 15 is 0 Å². The minimum Gasteiger partial charge on any atom is -0.458 e. The maximum absolute atomic E-state index is 11.5. The van der Waals surface area contributed by atoms with Gasteiger partial charge in [-0.3, -0.25) is 9.63 Å². The third-order valence-corrected chi connectivity index (χ3v) is 5.24. The number of hydrogen-bond donors (Lipinski definition) is 0. The number of nitrogens with zero attached hydrogens (tertiary/aromatic N) is 1. The van der Waals surface area contributed by atoms with Crippen molar-refractivity contribution >= 4 is 28.6 Å². The zero-order valence-electron chi connectivity index (χ0n) is 14.6. The summed E-state index contributed by atoms with van der Waals surface area (Å²) in [4.78, 5) is 17.7. The van der Waals surface area contributed by atoms with Crippen molar-refractivity contribution in [2.45, 2.75) is 70.7 Å². The van der Waals surface area contributed by atoms with Crippen LogP contribution in [0.5, 0.6) is 0 Å². The molecule has 4 nitrogen and oxygen atoms in total. The maximum atomic E-state index is 11.5. The Labute approximate surface area is 159 Å². The molecule has 1 saturated heterocycles. The molecule has 0 radical (unpaired) electrons. The Morgan fingerprint density at radius 1 is 1.25 bits per heavy atom. The van der Waals surface area contributed by atoms with Gasteiger partial charge in [0.05, 0.1) is 6.04 Å². The highest BCUT2D eigenvalue weighted by molar-refractivity contribution is 14.1. The Balaban J connectivity index is 2.08. The zero-order chi connectivity index (χ0) is 17.4. The van der Waals surface area contributed by atoms with Gasteiger partial charge in [0.15, 0.2) is 0 Å². The van der Waals surface area contributed by atoms with E-state index < -0.39 is 0 Å². The van der Waals surface area contributed by atoms with Crippen LogP contribution in [0.1, 0.15) is 51.5 Å². The molecule has 0 unspecified atom stereocenters. The molecule has 0 N–H and O–H groups in total. The fourth-order valence-corrected chi connectivity index (χ4v) is 3.85. The monoisotopic (exact) mass is 445 g/mol. The van der Waals surface area contributed by atoms with Crippen LogP contribution in [0.4, 0.5) is 0 Å². The van der Waals surface area contributed by atoms with E-state index in [4.69, 9.17) is 9.57 Å². The van der Waals surface area contributed by atoms with Crippen LogP contribution in [0.3, 0.4) is 0 Å². The summed E-state index contributed by atoms with van der Waals surface area (Å²) in [5.74, 6) is -0.224. The van der Waals surface area contributed by atoms with Gasteiger partial charge in [0.25, 0.3) is 0 Å². The molecule has 0 saturated carbocycles. The third-order valence-electron chi connectivity index (χ3n) is 4.38. The number of carbonyl (C=O) groups excluding carboxylic acids is 1. The predicted molar refractivity (Wildman–Crippen MR) is 104 cm³/mol. The minimum atomic E-state index is -0.224. The molecular formula is C19H28INO3. The molecule has 1 fully saturated rings. The lowest BCUT2D eigenvalue weighted by Gasteiger charge is -2.25. The number of halogens is 1. The van der Waals surface area contributed by atoms with Gasteiger partial charge in [-0.05, 0) is 12.0 Å². The van der Waals surface area contributed by atoms with E-state index in [0.717, 1.165) is 23.8 Å². The van der Waals surface area contributed by atoms with Crippen LogP contribution >= 0.6 is 22.6 Å². The van der Waals surface area contributed by atoms with Crippen LogP contribution in [0.2, 0.25) is 0 Å². The van der Waals surface area contributed by atoms with E-state index in [1.807, 2.05) is 23.3 Å². The van der Waals surface area contributed by atoms with Crippen molar-refractivity contribution in [3.05, 3.63) is 35.9 Å². The van der Waals surface area contributed by atoms with Crippen LogP contribution in [0.25, 0.3) is 0 Å². The molecule has 1 aromatic carbocycles. The molecule has 1 heterocycles. The first kappa shape index (κ1) is 19.7. The quantitative estimate of drug-likeness (QED) is 0.243. The molecule has 1 aliphatic rings. The van der Waals surface area contributed by atoms with Gasteiger partial charge in [-0.15, -0.1) is 0 Å². The summed E-state index contributed by atoms with van der Waals surface area (Å²) in [7, 11) is 0. The second-order valence-electron chi connectivity index (χ2n) is 6.35. The second kappa shape index (κ2) is 10.4. The molecule has 0 aromatic heterocycles. The van der Waals surface area contributed by atoms with E-state index in [1.165, 1.54) is 31.7 Å². The molecule has 3 atom stereocenters. The number of rotatable bonds is 9. The largest absolute Gasteiger partial charge is 0.458 e. The van der Waals surface area contributed by atoms with Crippen molar-refractivity contribution in [1.29, 1.82) is 0 Å². The van der Waals surface area contributed by atoms with Crippen molar-refractivity contribution in [1.82, 2.24) is 5.06 Å². The fourth-order valence-electron chi connectivity index (χ4n) is 3.19. The molecule has 134 valence electrons. The number of hydroxylamine groups is 2. The summed E-state index contributed by atoms with van der Waals surface area (Å²) in [5.41, 5.74) is 1.21. The summed E-state index contributed by atoms with van der Waals surface area (Å²) in [6, 6.07) is 10.4. The molecule has 0 spiro atoms. The molecule has 1 aliphatic heterocycles. The number of carbonyl (C=O) groups is 1. The number of benzene rings is 1. The van der Waals surface area contributed by atoms with Crippen molar-refractivity contribution in [3.8, 4) is 0 Å². The molecular weight excluding hydrogens is 417 g/mol. The summed E-state index contributed by atoms with van der Waals surface area (Å²) < 4.78 is 6.45. The SMILES string of the molecule is CCCCCC[C@H]1[C@@H](OC(C)=O)[C@@H](CI)ON1Cc1ccccc1. The third kappa shape index (κ3) is 5.70. The summed E-state index contributed by atoms with van der Waals surface area (Å²) in [6.07, 6.45) is 5.59. The van der Waals surface area contributed by atoms with Gasteiger partial charge in [0, 0.05) is 17.9 Å². The Morgan fingerprint density at radius 2 is 2.00 bits per heavy atom. The van der Waals surface area contributed by atoms with Crippen LogP contribution in [0.15, 0.2) is 30.3 Å². The van der Waals surface area contributed by atoms with Gasteiger partial charge in [-0.2, -0.15) is 5.06 Å². The first-order valence-electron chi connectivity index (χ1n) is 8.86. The summed E-state index contributed by atoms with van der Waals surface area (Å²) in [6.45, 7) is 4.43. The normalized spacial score (nSPS) is 24.2. The van der Waals surface area contributed by atoms with Gasteiger partial charge in [-0.1, -0.05) is 85.5 Å². The van der Waals surface area contributed by atoms with E-state index in [0.29, 0.717) is 0 Å². The Kier molecular flexibility index (Phi) is 8.49. The first-order chi connectivity index (χ1) is 11.7. The highest BCUT2D eigenvalue weighted by atomic mass is 127. The molecule has 0 bridgehead atoms. The lowest BCUT2D eigenvalue weighted by Crippen LogP contribution is -2.39. The van der Waals surface area contributed by atoms with Gasteiger partial charge < -0.3 is 4.74 Å². The lowest BCUT2D eigenvalue weighted by molar-refractivity contribution is -0.165. The number of alkyl halides is 1. The predicted octanol–water partition coefficient (Wildman–Crippen LogP) is 4.51. The van der Waals surface area contributed by atoms with E-state index in [-0.39, 0.29) is 24.2 Å². The minimum absolute atomic E-state index is 0.0608. The van der Waals surface area contributed by atoms with Crippen LogP contribution < -0.4 is 0 Å². The van der Waals surface area contributed by atoms with Gasteiger partial charge in [0.1, 0.15) is 12.2 Å². The Bertz CT molecular complexity index is 497. The number of unbranched alkanes of at least 4 members (excludes halogenated alkanes) is 3. The van der Waals surface area contributed by atoms with Gasteiger partial charge in [0.2, 0.25) is 0 Å². The second-order valence-corrected chi connectivity index (χ2v) is 7.23. The number of hydrogen-bond acceptors (Lipinski definition) is 4. The molecule has 2 rings (SSSR count). The summed E-state index contributed by atoms with van der Waals surface area (Å²) in [5, 5.41) is 2.04. The highest BCUT2D eigenvalue weighted by Crippen LogP contribution is 2.31. The topological polar surface area (TPSA) is 38.8 Å². The smallest absolute Gasteiger partial charge is 0.303 e. The first-order valence-corrected chi connectivity index (χ1v) is 10.4. The van der Waals surface area contributed by atoms with Crippen molar-refractivity contribution in [2.24, 2.45) is 0 Å². The van der Waals surface area contributed by atoms with Crippen molar-refractivity contribution in [2.75, 3.05) is 4.43 Å². The molecule has 5 heteroatoms. The Morgan fingerprint density at radius 3 is 2.62 bits per heavy atom. The van der Waals surface area contributed by atoms with Crippen LogP contribution in [-0.4, -0.2) is 33.7 Å². The van der Waals surface area contributed by atoms with Crippen molar-refractivity contribution < 1.29 is 14.4 Å². The van der Waals surface area contributed by atoms with E-state index in [9.17, 15) is 4.79 Å². The molecule has 0 aliphatic carbocycles. The zero-order valence-corrected chi connectivity index (χ0v) is 16.8. The average Bonchev–Trinajstić information content (AvgIpc) is 2.89. The van der Waals surface area contributed by atoms with Crippen molar-refractivity contribution in [3.63, 3.8) is 0 Å². The highest BCUT2D eigenvalue weighted by Gasteiger charge is 2.44. The molecule has 1 aromatic rings. The van der Waals surface area contributed by atoms with E-state index in [1.54, 1.807) is 0 Å². The van der Waals surface area contributed by atoms with Gasteiger partial charge >= 0.3 is 5.97 Å². The van der Waals surface area contributed by atoms with E-state index in [2.05, 4.69) is 41.6 Å². The Hall–Kier alpha value is -0.660. The van der Waals surface area contributed by atoms with Gasteiger partial charge in [-0.25, -0.2) is 0 Å².